The summed E-state index contributed by atoms with van der Waals surface area (Å²) in [6.45, 7) is 5.77. The Morgan fingerprint density at radius 2 is 2.14 bits per heavy atom. The molecule has 0 aromatic rings. The highest BCUT2D eigenvalue weighted by molar-refractivity contribution is 5.70. The molecule has 82 valence electrons. The van der Waals surface area contributed by atoms with E-state index in [4.69, 9.17) is 5.11 Å². The molecule has 0 saturated carbocycles. The molecule has 0 spiro atoms. The van der Waals surface area contributed by atoms with E-state index in [0.717, 1.165) is 13.0 Å². The molecule has 4 nitrogen and oxygen atoms in total. The van der Waals surface area contributed by atoms with E-state index in [1.807, 2.05) is 0 Å². The van der Waals surface area contributed by atoms with Crippen molar-refractivity contribution in [2.24, 2.45) is 5.92 Å². The second-order valence-corrected chi connectivity index (χ2v) is 4.34. The van der Waals surface area contributed by atoms with Gasteiger partial charge in [-0.1, -0.05) is 0 Å². The first-order valence-corrected chi connectivity index (χ1v) is 5.17. The lowest BCUT2D eigenvalue weighted by Crippen LogP contribution is -2.51. The van der Waals surface area contributed by atoms with Crippen LogP contribution in [-0.2, 0) is 4.79 Å². The molecule has 0 aromatic heterocycles. The van der Waals surface area contributed by atoms with Crippen LogP contribution in [0.2, 0.25) is 0 Å². The summed E-state index contributed by atoms with van der Waals surface area (Å²) >= 11 is 0. The maximum Gasteiger partial charge on any atom is 0.307 e. The highest BCUT2D eigenvalue weighted by Crippen LogP contribution is 2.16. The van der Waals surface area contributed by atoms with Crippen LogP contribution in [0.1, 0.15) is 20.3 Å². The van der Waals surface area contributed by atoms with Crippen molar-refractivity contribution in [3.8, 4) is 0 Å². The first-order valence-electron chi connectivity index (χ1n) is 5.17. The van der Waals surface area contributed by atoms with E-state index >= 15 is 0 Å². The Kier molecular flexibility index (Phi) is 3.89. The number of carboxylic acids is 1. The molecule has 0 bridgehead atoms. The molecule has 2 atom stereocenters. The fraction of sp³-hybridized carbons (Fsp3) is 0.900. The molecule has 0 radical (unpaired) electrons. The largest absolute Gasteiger partial charge is 0.481 e. The Morgan fingerprint density at radius 3 is 2.64 bits per heavy atom. The van der Waals surface area contributed by atoms with Gasteiger partial charge in [0.05, 0.1) is 5.92 Å². The monoisotopic (exact) mass is 200 g/mol. The van der Waals surface area contributed by atoms with Gasteiger partial charge in [-0.2, -0.15) is 0 Å². The summed E-state index contributed by atoms with van der Waals surface area (Å²) in [4.78, 5) is 13.1. The van der Waals surface area contributed by atoms with E-state index in [2.05, 4.69) is 31.1 Å². The predicted molar refractivity (Wildman–Crippen MR) is 55.3 cm³/mol. The maximum absolute atomic E-state index is 10.8. The van der Waals surface area contributed by atoms with Gasteiger partial charge in [-0.25, -0.2) is 0 Å². The smallest absolute Gasteiger partial charge is 0.307 e. The molecule has 0 unspecified atom stereocenters. The topological polar surface area (TPSA) is 52.6 Å². The number of nitrogens with one attached hydrogen (secondary N) is 1. The van der Waals surface area contributed by atoms with Crippen LogP contribution in [0.3, 0.4) is 0 Å². The molecular formula is C10H20N2O2. The third-order valence-electron chi connectivity index (χ3n) is 3.07. The molecular weight excluding hydrogens is 180 g/mol. The van der Waals surface area contributed by atoms with Crippen LogP contribution >= 0.6 is 0 Å². The maximum atomic E-state index is 10.8. The van der Waals surface area contributed by atoms with Crippen molar-refractivity contribution >= 4 is 5.97 Å². The molecule has 14 heavy (non-hydrogen) atoms. The Hall–Kier alpha value is -0.610. The number of carbonyl (C=O) groups is 1. The van der Waals surface area contributed by atoms with Crippen molar-refractivity contribution in [2.75, 3.05) is 20.1 Å². The minimum Gasteiger partial charge on any atom is -0.481 e. The van der Waals surface area contributed by atoms with Gasteiger partial charge in [0.1, 0.15) is 0 Å². The highest BCUT2D eigenvalue weighted by Gasteiger charge is 2.29. The van der Waals surface area contributed by atoms with Gasteiger partial charge < -0.3 is 10.4 Å². The zero-order valence-electron chi connectivity index (χ0n) is 9.16. The average Bonchev–Trinajstić information content (AvgIpc) is 2.16. The fourth-order valence-electron chi connectivity index (χ4n) is 1.84. The quantitative estimate of drug-likeness (QED) is 0.692. The number of hydrogen-bond donors (Lipinski definition) is 2. The molecule has 0 aromatic carbocycles. The van der Waals surface area contributed by atoms with Gasteiger partial charge >= 0.3 is 5.97 Å². The van der Waals surface area contributed by atoms with Gasteiger partial charge in [-0.15, -0.1) is 0 Å². The van der Waals surface area contributed by atoms with Crippen LogP contribution in [-0.4, -0.2) is 48.2 Å². The summed E-state index contributed by atoms with van der Waals surface area (Å²) in [6.07, 6.45) is 0.761. The molecule has 4 heteroatoms. The zero-order valence-corrected chi connectivity index (χ0v) is 9.16. The number of likely N-dealkylation sites (N-methyl/N-ethyl adjacent to an activating group) is 1. The first-order chi connectivity index (χ1) is 6.52. The summed E-state index contributed by atoms with van der Waals surface area (Å²) in [5, 5.41) is 12.1. The zero-order chi connectivity index (χ0) is 10.7. The number of rotatable bonds is 3. The minimum absolute atomic E-state index is 0.227. The van der Waals surface area contributed by atoms with Gasteiger partial charge in [0.2, 0.25) is 0 Å². The number of piperidine rings is 1. The Balaban J connectivity index is 2.51. The Labute approximate surface area is 85.3 Å². The van der Waals surface area contributed by atoms with Crippen LogP contribution in [0.4, 0.5) is 0 Å². The van der Waals surface area contributed by atoms with Crippen LogP contribution in [0.5, 0.6) is 0 Å². The summed E-state index contributed by atoms with van der Waals surface area (Å²) in [5.41, 5.74) is 0. The number of aliphatic carboxylic acids is 1. The standard InChI is InChI=1S/C10H20N2O2/c1-7(2)12(3)9-4-8(10(13)14)5-11-6-9/h7-9,11H,4-6H2,1-3H3,(H,13,14)/t8-,9+/m0/s1. The van der Waals surface area contributed by atoms with Gasteiger partial charge in [0, 0.05) is 25.2 Å². The molecule has 1 saturated heterocycles. The van der Waals surface area contributed by atoms with E-state index in [-0.39, 0.29) is 5.92 Å². The lowest BCUT2D eigenvalue weighted by Gasteiger charge is -2.36. The average molecular weight is 200 g/mol. The summed E-state index contributed by atoms with van der Waals surface area (Å²) < 4.78 is 0. The summed E-state index contributed by atoms with van der Waals surface area (Å²) in [5.74, 6) is -0.908. The molecule has 1 aliphatic heterocycles. The van der Waals surface area contributed by atoms with E-state index in [9.17, 15) is 4.79 Å². The van der Waals surface area contributed by atoms with Crippen molar-refractivity contribution in [1.29, 1.82) is 0 Å². The van der Waals surface area contributed by atoms with Gasteiger partial charge in [0.25, 0.3) is 0 Å². The lowest BCUT2D eigenvalue weighted by molar-refractivity contribution is -0.143. The normalized spacial score (nSPS) is 28.4. The molecule has 1 heterocycles. The Bertz CT molecular complexity index is 206. The van der Waals surface area contributed by atoms with Crippen molar-refractivity contribution in [2.45, 2.75) is 32.4 Å². The van der Waals surface area contributed by atoms with Crippen LogP contribution in [0, 0.1) is 5.92 Å². The van der Waals surface area contributed by atoms with Gasteiger partial charge in [0.15, 0.2) is 0 Å². The second kappa shape index (κ2) is 4.75. The predicted octanol–water partition coefficient (Wildman–Crippen LogP) is 0.389. The van der Waals surface area contributed by atoms with Crippen LogP contribution in [0.15, 0.2) is 0 Å². The van der Waals surface area contributed by atoms with Crippen molar-refractivity contribution in [1.82, 2.24) is 10.2 Å². The van der Waals surface area contributed by atoms with E-state index in [1.165, 1.54) is 0 Å². The Morgan fingerprint density at radius 1 is 1.50 bits per heavy atom. The van der Waals surface area contributed by atoms with Crippen molar-refractivity contribution in [3.63, 3.8) is 0 Å². The SMILES string of the molecule is CC(C)N(C)[C@H]1CNC[C@@H](C(=O)O)C1. The fourth-order valence-corrected chi connectivity index (χ4v) is 1.84. The third-order valence-corrected chi connectivity index (χ3v) is 3.07. The summed E-state index contributed by atoms with van der Waals surface area (Å²) in [6, 6.07) is 0.819. The molecule has 0 amide bonds. The van der Waals surface area contributed by atoms with E-state index < -0.39 is 5.97 Å². The molecule has 2 N–H and O–H groups in total. The van der Waals surface area contributed by atoms with E-state index in [1.54, 1.807) is 0 Å². The van der Waals surface area contributed by atoms with Crippen molar-refractivity contribution < 1.29 is 9.90 Å². The minimum atomic E-state index is -0.681. The number of nitrogens with zero attached hydrogens (tertiary/aromatic N) is 1. The van der Waals surface area contributed by atoms with Gasteiger partial charge in [-0.3, -0.25) is 9.69 Å². The molecule has 1 rings (SSSR count). The van der Waals surface area contributed by atoms with E-state index in [0.29, 0.717) is 18.6 Å². The number of carboxylic acid groups (broad SMARTS) is 1. The molecule has 0 aliphatic carbocycles. The number of hydrogen-bond acceptors (Lipinski definition) is 3. The second-order valence-electron chi connectivity index (χ2n) is 4.34. The highest BCUT2D eigenvalue weighted by atomic mass is 16.4. The van der Waals surface area contributed by atoms with Gasteiger partial charge in [-0.05, 0) is 27.3 Å². The molecule has 1 aliphatic rings. The lowest BCUT2D eigenvalue weighted by atomic mass is 9.94. The first kappa shape index (κ1) is 11.5. The van der Waals surface area contributed by atoms with Crippen molar-refractivity contribution in [3.05, 3.63) is 0 Å². The van der Waals surface area contributed by atoms with Crippen LogP contribution in [0.25, 0.3) is 0 Å². The van der Waals surface area contributed by atoms with Crippen LogP contribution < -0.4 is 5.32 Å². The molecule has 1 fully saturated rings. The summed E-state index contributed by atoms with van der Waals surface area (Å²) in [7, 11) is 2.06. The third kappa shape index (κ3) is 2.69.